The number of hydrogen-bond donors (Lipinski definition) is 1. The van der Waals surface area contributed by atoms with Crippen LogP contribution in [0.5, 0.6) is 0 Å². The number of hydrogen-bond acceptors (Lipinski definition) is 5. The summed E-state index contributed by atoms with van der Waals surface area (Å²) in [6, 6.07) is 26.4. The number of rotatable bonds is 4. The Morgan fingerprint density at radius 1 is 0.531 bits per heavy atom. The van der Waals surface area contributed by atoms with Gasteiger partial charge in [0.1, 0.15) is 0 Å². The fourth-order valence-electron chi connectivity index (χ4n) is 3.86. The lowest BCUT2D eigenvalue weighted by atomic mass is 9.83. The molecule has 0 unspecified atom stereocenters. The second-order valence-corrected chi connectivity index (χ2v) is 9.35. The minimum absolute atomic E-state index is 0.171. The van der Waals surface area contributed by atoms with Crippen molar-refractivity contribution in [2.24, 2.45) is 0 Å². The molecule has 0 fully saturated rings. The SMILES string of the molecule is O=C1c2ccccc2C(=O)c2c(Nc3ccc(S(=O)(=O)c4ccccc4)cc3)cccc21. The minimum atomic E-state index is -3.62. The van der Waals surface area contributed by atoms with E-state index in [1.54, 1.807) is 84.9 Å². The first-order valence-corrected chi connectivity index (χ1v) is 11.4. The molecular formula is C26H17NO4S. The Balaban J connectivity index is 1.49. The molecule has 0 amide bonds. The van der Waals surface area contributed by atoms with Crippen LogP contribution in [-0.4, -0.2) is 20.0 Å². The van der Waals surface area contributed by atoms with Gasteiger partial charge in [-0.25, -0.2) is 8.42 Å². The summed E-state index contributed by atoms with van der Waals surface area (Å²) >= 11 is 0. The Hall–Kier alpha value is -4.03. The maximum absolute atomic E-state index is 13.1. The van der Waals surface area contributed by atoms with Gasteiger partial charge in [0.2, 0.25) is 9.84 Å². The lowest BCUT2D eigenvalue weighted by Gasteiger charge is -2.20. The summed E-state index contributed by atoms with van der Waals surface area (Å²) in [5.74, 6) is -0.412. The highest BCUT2D eigenvalue weighted by atomic mass is 32.2. The number of carbonyl (C=O) groups is 2. The van der Waals surface area contributed by atoms with E-state index in [4.69, 9.17) is 0 Å². The van der Waals surface area contributed by atoms with Gasteiger partial charge >= 0.3 is 0 Å². The molecule has 0 aromatic heterocycles. The maximum atomic E-state index is 13.1. The van der Waals surface area contributed by atoms with E-state index in [2.05, 4.69) is 5.32 Å². The van der Waals surface area contributed by atoms with Crippen molar-refractivity contribution in [1.82, 2.24) is 0 Å². The normalized spacial score (nSPS) is 12.8. The number of benzene rings is 4. The Kier molecular flexibility index (Phi) is 4.72. The quantitative estimate of drug-likeness (QED) is 0.424. The molecule has 4 aromatic rings. The molecule has 5 nitrogen and oxygen atoms in total. The zero-order chi connectivity index (χ0) is 22.3. The van der Waals surface area contributed by atoms with Gasteiger partial charge in [0.05, 0.1) is 21.0 Å². The zero-order valence-corrected chi connectivity index (χ0v) is 17.6. The highest BCUT2D eigenvalue weighted by Crippen LogP contribution is 2.33. The van der Waals surface area contributed by atoms with E-state index in [9.17, 15) is 18.0 Å². The average Bonchev–Trinajstić information content (AvgIpc) is 2.83. The van der Waals surface area contributed by atoms with E-state index in [0.29, 0.717) is 33.6 Å². The van der Waals surface area contributed by atoms with Gasteiger partial charge < -0.3 is 5.32 Å². The summed E-state index contributed by atoms with van der Waals surface area (Å²) in [7, 11) is -3.62. The smallest absolute Gasteiger partial charge is 0.206 e. The minimum Gasteiger partial charge on any atom is -0.355 e. The Morgan fingerprint density at radius 2 is 1.09 bits per heavy atom. The highest BCUT2D eigenvalue weighted by Gasteiger charge is 2.31. The van der Waals surface area contributed by atoms with Crippen molar-refractivity contribution in [2.45, 2.75) is 9.79 Å². The molecule has 0 spiro atoms. The van der Waals surface area contributed by atoms with E-state index >= 15 is 0 Å². The van der Waals surface area contributed by atoms with Crippen LogP contribution in [-0.2, 0) is 9.84 Å². The topological polar surface area (TPSA) is 80.3 Å². The summed E-state index contributed by atoms with van der Waals surface area (Å²) in [6.45, 7) is 0. The summed E-state index contributed by atoms with van der Waals surface area (Å²) in [4.78, 5) is 26.4. The standard InChI is InChI=1S/C26H17NO4S/c28-25-20-9-4-5-10-21(20)26(29)24-22(25)11-6-12-23(24)27-17-13-15-19(16-14-17)32(30,31)18-7-2-1-3-8-18/h1-16,27H. The molecule has 156 valence electrons. The van der Waals surface area contributed by atoms with Crippen LogP contribution < -0.4 is 5.32 Å². The molecule has 0 atom stereocenters. The van der Waals surface area contributed by atoms with Crippen molar-refractivity contribution in [2.75, 3.05) is 5.32 Å². The molecule has 0 aliphatic heterocycles. The van der Waals surface area contributed by atoms with Gasteiger partial charge in [0.25, 0.3) is 0 Å². The number of nitrogens with one attached hydrogen (secondary N) is 1. The molecule has 4 aromatic carbocycles. The van der Waals surface area contributed by atoms with Gasteiger partial charge in [-0.1, -0.05) is 54.6 Å². The second-order valence-electron chi connectivity index (χ2n) is 7.40. The summed E-state index contributed by atoms with van der Waals surface area (Å²) in [5, 5.41) is 3.16. The van der Waals surface area contributed by atoms with Crippen molar-refractivity contribution >= 4 is 32.8 Å². The van der Waals surface area contributed by atoms with Crippen molar-refractivity contribution in [3.05, 3.63) is 119 Å². The van der Waals surface area contributed by atoms with Crippen LogP contribution in [0.3, 0.4) is 0 Å². The lowest BCUT2D eigenvalue weighted by Crippen LogP contribution is -2.22. The second kappa shape index (κ2) is 7.59. The van der Waals surface area contributed by atoms with Crippen molar-refractivity contribution in [3.63, 3.8) is 0 Å². The third kappa shape index (κ3) is 3.21. The van der Waals surface area contributed by atoms with Gasteiger partial charge in [-0.15, -0.1) is 0 Å². The molecule has 0 saturated heterocycles. The third-order valence-corrected chi connectivity index (χ3v) is 7.24. The first-order valence-electron chi connectivity index (χ1n) is 9.95. The van der Waals surface area contributed by atoms with Crippen LogP contribution in [0.25, 0.3) is 0 Å². The van der Waals surface area contributed by atoms with Crippen LogP contribution in [0, 0.1) is 0 Å². The summed E-state index contributed by atoms with van der Waals surface area (Å²) < 4.78 is 25.6. The Morgan fingerprint density at radius 3 is 1.78 bits per heavy atom. The van der Waals surface area contributed by atoms with Crippen molar-refractivity contribution in [1.29, 1.82) is 0 Å². The van der Waals surface area contributed by atoms with Gasteiger partial charge in [-0.2, -0.15) is 0 Å². The fraction of sp³-hybridized carbons (Fsp3) is 0. The molecule has 1 N–H and O–H groups in total. The summed E-state index contributed by atoms with van der Waals surface area (Å²) in [5.41, 5.74) is 2.54. The number of ketones is 2. The predicted molar refractivity (Wildman–Crippen MR) is 121 cm³/mol. The number of fused-ring (bicyclic) bond motifs is 2. The maximum Gasteiger partial charge on any atom is 0.206 e. The Bertz CT molecular complexity index is 1470. The monoisotopic (exact) mass is 439 g/mol. The lowest BCUT2D eigenvalue weighted by molar-refractivity contribution is 0.0979. The molecule has 0 radical (unpaired) electrons. The Labute approximate surface area is 185 Å². The van der Waals surface area contributed by atoms with Crippen LogP contribution in [0.4, 0.5) is 11.4 Å². The van der Waals surface area contributed by atoms with Gasteiger partial charge in [-0.3, -0.25) is 9.59 Å². The molecule has 0 saturated carbocycles. The van der Waals surface area contributed by atoms with E-state index in [0.717, 1.165) is 0 Å². The molecular weight excluding hydrogens is 422 g/mol. The number of anilines is 2. The van der Waals surface area contributed by atoms with E-state index in [-0.39, 0.29) is 21.4 Å². The average molecular weight is 439 g/mol. The molecule has 0 heterocycles. The highest BCUT2D eigenvalue weighted by molar-refractivity contribution is 7.91. The van der Waals surface area contributed by atoms with Crippen LogP contribution >= 0.6 is 0 Å². The van der Waals surface area contributed by atoms with Crippen molar-refractivity contribution < 1.29 is 18.0 Å². The molecule has 0 bridgehead atoms. The predicted octanol–water partition coefficient (Wildman–Crippen LogP) is 5.04. The fourth-order valence-corrected chi connectivity index (χ4v) is 5.14. The van der Waals surface area contributed by atoms with Gasteiger partial charge in [0.15, 0.2) is 11.6 Å². The van der Waals surface area contributed by atoms with Crippen LogP contribution in [0.1, 0.15) is 31.8 Å². The number of carbonyl (C=O) groups excluding carboxylic acids is 2. The molecule has 1 aliphatic carbocycles. The van der Waals surface area contributed by atoms with Crippen LogP contribution in [0.15, 0.2) is 107 Å². The molecule has 1 aliphatic rings. The molecule has 5 rings (SSSR count). The van der Waals surface area contributed by atoms with Crippen molar-refractivity contribution in [3.8, 4) is 0 Å². The zero-order valence-electron chi connectivity index (χ0n) is 16.8. The van der Waals surface area contributed by atoms with Gasteiger partial charge in [0, 0.05) is 22.4 Å². The third-order valence-electron chi connectivity index (χ3n) is 5.45. The van der Waals surface area contributed by atoms with Gasteiger partial charge in [-0.05, 0) is 42.5 Å². The first-order chi connectivity index (χ1) is 15.5. The van der Waals surface area contributed by atoms with E-state index in [1.807, 2.05) is 0 Å². The molecule has 6 heteroatoms. The van der Waals surface area contributed by atoms with E-state index in [1.165, 1.54) is 12.1 Å². The number of sulfone groups is 1. The summed E-state index contributed by atoms with van der Waals surface area (Å²) in [6.07, 6.45) is 0. The van der Waals surface area contributed by atoms with E-state index < -0.39 is 9.84 Å². The van der Waals surface area contributed by atoms with Crippen LogP contribution in [0.2, 0.25) is 0 Å². The molecule has 32 heavy (non-hydrogen) atoms. The first kappa shape index (κ1) is 19.9. The largest absolute Gasteiger partial charge is 0.355 e.